The summed E-state index contributed by atoms with van der Waals surface area (Å²) in [7, 11) is -3.18. The minimum atomic E-state index is -3.18. The van der Waals surface area contributed by atoms with Crippen LogP contribution < -0.4 is 26.3 Å². The van der Waals surface area contributed by atoms with Crippen LogP contribution in [0.25, 0.3) is 0 Å². The normalized spacial score (nSPS) is 13.9. The average Bonchev–Trinajstić information content (AvgIpc) is 3.16. The molecule has 10 heteroatoms. The molecule has 0 unspecified atom stereocenters. The van der Waals surface area contributed by atoms with Gasteiger partial charge in [-0.05, 0) is 58.6 Å². The zero-order valence-electron chi connectivity index (χ0n) is 33.2. The van der Waals surface area contributed by atoms with Crippen molar-refractivity contribution in [3.8, 4) is 0 Å². The van der Waals surface area contributed by atoms with Crippen molar-refractivity contribution in [3.05, 3.63) is 132 Å². The van der Waals surface area contributed by atoms with E-state index >= 15 is 0 Å². The number of carbonyl (C=O) groups excluding carboxylic acids is 4. The van der Waals surface area contributed by atoms with E-state index in [0.29, 0.717) is 19.3 Å². The van der Waals surface area contributed by atoms with E-state index in [1.54, 1.807) is 6.92 Å². The van der Waals surface area contributed by atoms with Gasteiger partial charge >= 0.3 is 5.97 Å². The summed E-state index contributed by atoms with van der Waals surface area (Å²) >= 11 is 0. The molecule has 0 saturated carbocycles. The minimum absolute atomic E-state index is 0.00391. The van der Waals surface area contributed by atoms with Gasteiger partial charge in [0.2, 0.25) is 17.7 Å². The number of benzene rings is 4. The first-order valence-electron chi connectivity index (χ1n) is 19.1. The van der Waals surface area contributed by atoms with Crippen molar-refractivity contribution in [2.75, 3.05) is 0 Å². The first-order valence-corrected chi connectivity index (χ1v) is 21.0. The summed E-state index contributed by atoms with van der Waals surface area (Å²) in [6.45, 7) is 13.5. The Hall–Kier alpha value is -5.06. The molecule has 4 rings (SSSR count). The topological polar surface area (TPSA) is 123 Å². The van der Waals surface area contributed by atoms with E-state index in [9.17, 15) is 19.2 Å². The van der Waals surface area contributed by atoms with Gasteiger partial charge < -0.3 is 25.1 Å². The molecule has 4 atom stereocenters. The zero-order chi connectivity index (χ0) is 40.0. The Bertz CT molecular complexity index is 1780. The summed E-state index contributed by atoms with van der Waals surface area (Å²) in [5.41, 5.74) is 1.82. The van der Waals surface area contributed by atoms with E-state index in [2.05, 4.69) is 61.0 Å². The highest BCUT2D eigenvalue weighted by Crippen LogP contribution is 2.38. The van der Waals surface area contributed by atoms with Crippen LogP contribution in [0.3, 0.4) is 0 Å². The average molecular weight is 764 g/mol. The summed E-state index contributed by atoms with van der Waals surface area (Å²) < 4.78 is 13.2. The molecular formula is C45H57N3O6Si. The standard InChI is InChI=1S/C45H57N3O6Si/c1-32(2)30-40(47-42(50)39(46-34(4)49)29-28-35-20-12-8-13-21-35)43(51)48-41(44(52)53-31-36-22-14-9-15-23-36)33(3)54-55(45(5,6)7,37-24-16-10-17-25-37)38-26-18-11-19-27-38/h8-27,32-33,39-41H,28-31H2,1-7H3,(H,46,49)(H,47,50)(H,48,51)/t33-,39-,40-,41-/m0/s1. The lowest BCUT2D eigenvalue weighted by molar-refractivity contribution is -0.152. The van der Waals surface area contributed by atoms with Crippen LogP contribution >= 0.6 is 0 Å². The van der Waals surface area contributed by atoms with Crippen LogP contribution in [0.2, 0.25) is 5.04 Å². The molecule has 0 aliphatic carbocycles. The maximum absolute atomic E-state index is 14.4. The molecule has 3 N–H and O–H groups in total. The number of hydrogen-bond donors (Lipinski definition) is 3. The highest BCUT2D eigenvalue weighted by molar-refractivity contribution is 6.99. The van der Waals surface area contributed by atoms with Crippen molar-refractivity contribution in [1.82, 2.24) is 16.0 Å². The first kappa shape index (κ1) is 42.7. The Morgan fingerprint density at radius 3 is 1.58 bits per heavy atom. The lowest BCUT2D eigenvalue weighted by atomic mass is 10.0. The maximum atomic E-state index is 14.4. The van der Waals surface area contributed by atoms with Crippen molar-refractivity contribution in [2.45, 2.75) is 104 Å². The molecule has 0 radical (unpaired) electrons. The molecule has 0 spiro atoms. The van der Waals surface area contributed by atoms with E-state index in [4.69, 9.17) is 9.16 Å². The molecule has 0 bridgehead atoms. The molecule has 0 fully saturated rings. The number of nitrogens with one attached hydrogen (secondary N) is 3. The van der Waals surface area contributed by atoms with Gasteiger partial charge in [-0.15, -0.1) is 0 Å². The van der Waals surface area contributed by atoms with Crippen molar-refractivity contribution in [2.24, 2.45) is 5.92 Å². The Labute approximate surface area is 327 Å². The third-order valence-corrected chi connectivity index (χ3v) is 14.8. The molecule has 55 heavy (non-hydrogen) atoms. The van der Waals surface area contributed by atoms with Gasteiger partial charge in [-0.25, -0.2) is 4.79 Å². The van der Waals surface area contributed by atoms with Gasteiger partial charge in [0.25, 0.3) is 8.32 Å². The number of hydrogen-bond acceptors (Lipinski definition) is 6. The largest absolute Gasteiger partial charge is 0.459 e. The van der Waals surface area contributed by atoms with Gasteiger partial charge in [0, 0.05) is 6.92 Å². The summed E-state index contributed by atoms with van der Waals surface area (Å²) in [5, 5.41) is 10.3. The number of esters is 1. The van der Waals surface area contributed by atoms with E-state index in [0.717, 1.165) is 21.5 Å². The van der Waals surface area contributed by atoms with Crippen LogP contribution in [-0.4, -0.2) is 56.2 Å². The summed E-state index contributed by atoms with van der Waals surface area (Å²) in [6, 6.07) is 36.1. The van der Waals surface area contributed by atoms with Crippen LogP contribution in [0.4, 0.5) is 0 Å². The third-order valence-electron chi connectivity index (χ3n) is 9.62. The molecule has 292 valence electrons. The fraction of sp³-hybridized carbons (Fsp3) is 0.378. The van der Waals surface area contributed by atoms with Crippen LogP contribution in [0.15, 0.2) is 121 Å². The van der Waals surface area contributed by atoms with E-state index in [-0.39, 0.29) is 18.4 Å². The fourth-order valence-electron chi connectivity index (χ4n) is 6.92. The molecule has 9 nitrogen and oxygen atoms in total. The second-order valence-corrected chi connectivity index (χ2v) is 19.8. The van der Waals surface area contributed by atoms with E-state index in [1.165, 1.54) is 6.92 Å². The summed E-state index contributed by atoms with van der Waals surface area (Å²) in [5.74, 6) is -2.03. The molecule has 0 aliphatic heterocycles. The predicted octanol–water partition coefficient (Wildman–Crippen LogP) is 5.85. The van der Waals surface area contributed by atoms with Crippen molar-refractivity contribution >= 4 is 42.4 Å². The molecule has 3 amide bonds. The van der Waals surface area contributed by atoms with Crippen molar-refractivity contribution < 1.29 is 28.3 Å². The molecule has 4 aromatic rings. The minimum Gasteiger partial charge on any atom is -0.459 e. The molecule has 0 aliphatic rings. The summed E-state index contributed by atoms with van der Waals surface area (Å²) in [6.07, 6.45) is 0.321. The third kappa shape index (κ3) is 12.0. The Kier molecular flexibility index (Phi) is 15.5. The lowest BCUT2D eigenvalue weighted by Crippen LogP contribution is -2.69. The highest BCUT2D eigenvalue weighted by Gasteiger charge is 2.52. The van der Waals surface area contributed by atoms with Gasteiger partial charge in [0.1, 0.15) is 18.7 Å². The number of ether oxygens (including phenoxy) is 1. The fourth-order valence-corrected chi connectivity index (χ4v) is 11.6. The van der Waals surface area contributed by atoms with Gasteiger partial charge in [-0.1, -0.05) is 156 Å². The Balaban J connectivity index is 1.68. The number of aryl methyl sites for hydroxylation is 1. The first-order chi connectivity index (χ1) is 26.2. The molecular weight excluding hydrogens is 707 g/mol. The quantitative estimate of drug-likeness (QED) is 0.0865. The van der Waals surface area contributed by atoms with E-state index < -0.39 is 55.4 Å². The second-order valence-electron chi connectivity index (χ2n) is 15.5. The molecule has 0 aromatic heterocycles. The van der Waals surface area contributed by atoms with Gasteiger partial charge in [0.15, 0.2) is 6.04 Å². The van der Waals surface area contributed by atoms with Crippen LogP contribution in [0.1, 0.15) is 72.4 Å². The Morgan fingerprint density at radius 1 is 0.636 bits per heavy atom. The van der Waals surface area contributed by atoms with Crippen LogP contribution in [0.5, 0.6) is 0 Å². The summed E-state index contributed by atoms with van der Waals surface area (Å²) in [4.78, 5) is 54.5. The number of carbonyl (C=O) groups is 4. The highest BCUT2D eigenvalue weighted by atomic mass is 28.4. The van der Waals surface area contributed by atoms with Gasteiger partial charge in [-0.2, -0.15) is 0 Å². The zero-order valence-corrected chi connectivity index (χ0v) is 34.2. The maximum Gasteiger partial charge on any atom is 0.331 e. The molecule has 4 aromatic carbocycles. The predicted molar refractivity (Wildman–Crippen MR) is 220 cm³/mol. The van der Waals surface area contributed by atoms with Gasteiger partial charge in [-0.3, -0.25) is 14.4 Å². The monoisotopic (exact) mass is 763 g/mol. The van der Waals surface area contributed by atoms with Gasteiger partial charge in [0.05, 0.1) is 6.10 Å². The number of rotatable bonds is 18. The van der Waals surface area contributed by atoms with Crippen LogP contribution in [-0.2, 0) is 41.4 Å². The second kappa shape index (κ2) is 20.0. The van der Waals surface area contributed by atoms with Crippen LogP contribution in [0, 0.1) is 5.92 Å². The molecule has 0 heterocycles. The van der Waals surface area contributed by atoms with Crippen molar-refractivity contribution in [1.29, 1.82) is 0 Å². The smallest absolute Gasteiger partial charge is 0.331 e. The van der Waals surface area contributed by atoms with Crippen molar-refractivity contribution in [3.63, 3.8) is 0 Å². The molecule has 0 saturated heterocycles. The lowest BCUT2D eigenvalue weighted by Gasteiger charge is -2.45. The SMILES string of the molecule is CC(=O)N[C@@H](CCc1ccccc1)C(=O)N[C@@H](CC(C)C)C(=O)N[C@H](C(=O)OCc1ccccc1)[C@H](C)O[Si](c1ccccc1)(c1ccccc1)C(C)(C)C. The number of amides is 3. The Morgan fingerprint density at radius 2 is 1.11 bits per heavy atom. The van der Waals surface area contributed by atoms with E-state index in [1.807, 2.05) is 111 Å².